The van der Waals surface area contributed by atoms with E-state index in [1.807, 2.05) is 68.6 Å². The Kier molecular flexibility index (Phi) is 10.5. The molecule has 0 unspecified atom stereocenters. The van der Waals surface area contributed by atoms with Gasteiger partial charge in [-0.15, -0.1) is 0 Å². The average molecular weight is 627 g/mol. The van der Waals surface area contributed by atoms with E-state index >= 15 is 0 Å². The molecule has 3 amide bonds. The van der Waals surface area contributed by atoms with Gasteiger partial charge in [0.05, 0.1) is 18.2 Å². The van der Waals surface area contributed by atoms with Gasteiger partial charge in [0.15, 0.2) is 0 Å². The van der Waals surface area contributed by atoms with Crippen LogP contribution in [0.5, 0.6) is 17.2 Å². The monoisotopic (exact) mass is 626 g/mol. The van der Waals surface area contributed by atoms with Gasteiger partial charge in [0.25, 0.3) is 5.91 Å². The third-order valence-corrected chi connectivity index (χ3v) is 7.87. The standard InChI is InChI=1S/C36H39FN4O5/c1-24-20-41(25(2)23-42)35(43)32-19-29(39-36(44)38-28-13-11-27(37)12-14-28)15-18-33(32)46-34(24)22-40(3)21-26-9-16-31(17-10-26)45-30-7-5-4-6-8-30/h4-19,24-25,34,42H,20-23H2,1-3H3,(H2,38,39,44)/t24-,25-,34+/m0/s1. The first-order chi connectivity index (χ1) is 22.2. The summed E-state index contributed by atoms with van der Waals surface area (Å²) >= 11 is 0. The minimum Gasteiger partial charge on any atom is -0.488 e. The summed E-state index contributed by atoms with van der Waals surface area (Å²) < 4.78 is 25.7. The first kappa shape index (κ1) is 32.5. The Morgan fingerprint density at radius 3 is 2.35 bits per heavy atom. The zero-order valence-electron chi connectivity index (χ0n) is 26.2. The number of ether oxygens (including phenoxy) is 2. The highest BCUT2D eigenvalue weighted by molar-refractivity contribution is 6.02. The minimum absolute atomic E-state index is 0.0468. The number of fused-ring (bicyclic) bond motifs is 1. The van der Waals surface area contributed by atoms with E-state index in [1.165, 1.54) is 24.3 Å². The van der Waals surface area contributed by atoms with Crippen LogP contribution in [0, 0.1) is 11.7 Å². The van der Waals surface area contributed by atoms with Crippen molar-refractivity contribution < 1.29 is 28.6 Å². The van der Waals surface area contributed by atoms with Crippen molar-refractivity contribution in [1.29, 1.82) is 0 Å². The Morgan fingerprint density at radius 2 is 1.65 bits per heavy atom. The lowest BCUT2D eigenvalue weighted by Crippen LogP contribution is -2.49. The van der Waals surface area contributed by atoms with Crippen molar-refractivity contribution in [3.05, 3.63) is 114 Å². The fraction of sp³-hybridized carbons (Fsp3) is 0.278. The van der Waals surface area contributed by atoms with Crippen molar-refractivity contribution in [2.75, 3.05) is 37.4 Å². The van der Waals surface area contributed by atoms with E-state index in [1.54, 1.807) is 30.0 Å². The minimum atomic E-state index is -0.542. The van der Waals surface area contributed by atoms with Crippen LogP contribution in [-0.4, -0.2) is 65.7 Å². The summed E-state index contributed by atoms with van der Waals surface area (Å²) in [6.07, 6.45) is -0.272. The van der Waals surface area contributed by atoms with Gasteiger partial charge in [0.2, 0.25) is 0 Å². The van der Waals surface area contributed by atoms with Crippen LogP contribution in [-0.2, 0) is 6.54 Å². The zero-order valence-corrected chi connectivity index (χ0v) is 26.2. The SMILES string of the molecule is C[C@H]1CN([C@@H](C)CO)C(=O)c2cc(NC(=O)Nc3ccc(F)cc3)ccc2O[C@@H]1CN(C)Cc1ccc(Oc2ccccc2)cc1. The van der Waals surface area contributed by atoms with Gasteiger partial charge < -0.3 is 30.1 Å². The highest BCUT2D eigenvalue weighted by atomic mass is 19.1. The quantitative estimate of drug-likeness (QED) is 0.183. The number of nitrogens with zero attached hydrogens (tertiary/aromatic N) is 2. The molecule has 0 spiro atoms. The highest BCUT2D eigenvalue weighted by Crippen LogP contribution is 2.31. The molecule has 1 aliphatic rings. The number of para-hydroxylation sites is 1. The average Bonchev–Trinajstić information content (AvgIpc) is 3.05. The number of aliphatic hydroxyl groups excluding tert-OH is 1. The molecule has 0 fully saturated rings. The van der Waals surface area contributed by atoms with Gasteiger partial charge in [-0.25, -0.2) is 9.18 Å². The van der Waals surface area contributed by atoms with E-state index < -0.39 is 17.9 Å². The largest absolute Gasteiger partial charge is 0.488 e. The summed E-state index contributed by atoms with van der Waals surface area (Å²) in [6, 6.07) is 27.0. The van der Waals surface area contributed by atoms with E-state index in [0.717, 1.165) is 17.1 Å². The Bertz CT molecular complexity index is 1620. The number of urea groups is 1. The smallest absolute Gasteiger partial charge is 0.323 e. The van der Waals surface area contributed by atoms with Crippen LogP contribution in [0.25, 0.3) is 0 Å². The molecular formula is C36H39FN4O5. The van der Waals surface area contributed by atoms with Gasteiger partial charge >= 0.3 is 6.03 Å². The summed E-state index contributed by atoms with van der Waals surface area (Å²) in [5.41, 5.74) is 2.20. The number of carbonyl (C=O) groups excluding carboxylic acids is 2. The molecule has 3 atom stereocenters. The molecule has 5 rings (SSSR count). The van der Waals surface area contributed by atoms with Crippen molar-refractivity contribution in [2.24, 2.45) is 5.92 Å². The summed E-state index contributed by atoms with van der Waals surface area (Å²) in [4.78, 5) is 30.2. The number of aliphatic hydroxyl groups is 1. The van der Waals surface area contributed by atoms with Crippen molar-refractivity contribution in [1.82, 2.24) is 9.80 Å². The number of amides is 3. The van der Waals surface area contributed by atoms with Gasteiger partial charge in [-0.1, -0.05) is 37.3 Å². The number of likely N-dealkylation sites (N-methyl/N-ethyl adjacent to an activating group) is 1. The van der Waals surface area contributed by atoms with E-state index in [-0.39, 0.29) is 30.1 Å². The lowest BCUT2D eigenvalue weighted by atomic mass is 9.99. The number of anilines is 2. The van der Waals surface area contributed by atoms with Crippen LogP contribution in [0.2, 0.25) is 0 Å². The molecule has 240 valence electrons. The van der Waals surface area contributed by atoms with Gasteiger partial charge in [-0.3, -0.25) is 9.69 Å². The number of benzene rings is 4. The molecule has 0 bridgehead atoms. The highest BCUT2D eigenvalue weighted by Gasteiger charge is 2.33. The van der Waals surface area contributed by atoms with E-state index in [0.29, 0.717) is 36.8 Å². The van der Waals surface area contributed by atoms with Crippen molar-refractivity contribution in [3.63, 3.8) is 0 Å². The number of carbonyl (C=O) groups is 2. The topological polar surface area (TPSA) is 103 Å². The Balaban J connectivity index is 1.29. The third-order valence-electron chi connectivity index (χ3n) is 7.87. The first-order valence-electron chi connectivity index (χ1n) is 15.2. The summed E-state index contributed by atoms with van der Waals surface area (Å²) in [5.74, 6) is 1.19. The van der Waals surface area contributed by atoms with Crippen LogP contribution in [0.15, 0.2) is 97.1 Å². The summed E-state index contributed by atoms with van der Waals surface area (Å²) in [6.45, 7) is 5.29. The Labute approximate surface area is 268 Å². The maximum absolute atomic E-state index is 13.8. The second kappa shape index (κ2) is 14.9. The molecule has 9 nitrogen and oxygen atoms in total. The van der Waals surface area contributed by atoms with E-state index in [2.05, 4.69) is 15.5 Å². The molecule has 3 N–H and O–H groups in total. The first-order valence-corrected chi connectivity index (χ1v) is 15.2. The van der Waals surface area contributed by atoms with Crippen molar-refractivity contribution >= 4 is 23.3 Å². The number of nitrogens with one attached hydrogen (secondary N) is 2. The number of hydrogen-bond donors (Lipinski definition) is 3. The predicted octanol–water partition coefficient (Wildman–Crippen LogP) is 6.61. The molecule has 0 radical (unpaired) electrons. The molecule has 0 saturated carbocycles. The number of hydrogen-bond acceptors (Lipinski definition) is 6. The molecular weight excluding hydrogens is 587 g/mol. The molecule has 46 heavy (non-hydrogen) atoms. The van der Waals surface area contributed by atoms with Crippen LogP contribution in [0.1, 0.15) is 29.8 Å². The lowest BCUT2D eigenvalue weighted by molar-refractivity contribution is 0.0341. The van der Waals surface area contributed by atoms with E-state index in [4.69, 9.17) is 9.47 Å². The zero-order chi connectivity index (χ0) is 32.6. The fourth-order valence-electron chi connectivity index (χ4n) is 5.32. The predicted molar refractivity (Wildman–Crippen MR) is 176 cm³/mol. The van der Waals surface area contributed by atoms with E-state index in [9.17, 15) is 19.1 Å². The van der Waals surface area contributed by atoms with Crippen molar-refractivity contribution in [3.8, 4) is 17.2 Å². The Morgan fingerprint density at radius 1 is 1.00 bits per heavy atom. The van der Waals surface area contributed by atoms with Crippen LogP contribution in [0.3, 0.4) is 0 Å². The van der Waals surface area contributed by atoms with Crippen molar-refractivity contribution in [2.45, 2.75) is 32.5 Å². The van der Waals surface area contributed by atoms with Gasteiger partial charge in [-0.05, 0) is 86.3 Å². The molecule has 10 heteroatoms. The maximum atomic E-state index is 13.8. The second-order valence-electron chi connectivity index (χ2n) is 11.7. The summed E-state index contributed by atoms with van der Waals surface area (Å²) in [5, 5.41) is 15.4. The molecule has 0 aliphatic carbocycles. The molecule has 1 aliphatic heterocycles. The number of halogens is 1. The molecule has 1 heterocycles. The van der Waals surface area contributed by atoms with Crippen LogP contribution in [0.4, 0.5) is 20.6 Å². The fourth-order valence-corrected chi connectivity index (χ4v) is 5.32. The van der Waals surface area contributed by atoms with Gasteiger partial charge in [0.1, 0.15) is 29.2 Å². The number of rotatable bonds is 10. The van der Waals surface area contributed by atoms with Gasteiger partial charge in [-0.2, -0.15) is 0 Å². The molecule has 4 aromatic rings. The second-order valence-corrected chi connectivity index (χ2v) is 11.7. The third kappa shape index (κ3) is 8.41. The van der Waals surface area contributed by atoms with Crippen LogP contribution < -0.4 is 20.1 Å². The van der Waals surface area contributed by atoms with Gasteiger partial charge in [0, 0.05) is 36.9 Å². The molecule has 4 aromatic carbocycles. The lowest BCUT2D eigenvalue weighted by Gasteiger charge is -2.38. The van der Waals surface area contributed by atoms with Crippen LogP contribution >= 0.6 is 0 Å². The molecule has 0 aromatic heterocycles. The normalized spacial score (nSPS) is 16.9. The maximum Gasteiger partial charge on any atom is 0.323 e. The summed E-state index contributed by atoms with van der Waals surface area (Å²) in [7, 11) is 2.02. The molecule has 0 saturated heterocycles. The Hall–Kier alpha value is -4.93.